The molecule has 0 unspecified atom stereocenters. The van der Waals surface area contributed by atoms with Gasteiger partial charge in [0.25, 0.3) is 5.69 Å². The lowest BCUT2D eigenvalue weighted by molar-refractivity contribution is -0.384. The van der Waals surface area contributed by atoms with E-state index in [9.17, 15) is 14.9 Å². The third-order valence-corrected chi connectivity index (χ3v) is 3.22. The Morgan fingerprint density at radius 1 is 1.35 bits per heavy atom. The second-order valence-electron chi connectivity index (χ2n) is 4.46. The number of aldehydes is 1. The van der Waals surface area contributed by atoms with Crippen molar-refractivity contribution in [2.75, 3.05) is 31.5 Å². The lowest BCUT2D eigenvalue weighted by Crippen LogP contribution is -2.25. The predicted molar refractivity (Wildman–Crippen MR) is 79.4 cm³/mol. The molecule has 0 aromatic heterocycles. The Balaban J connectivity index is 2.59. The molecule has 6 heteroatoms. The predicted octanol–water partition coefficient (Wildman–Crippen LogP) is 2.55. The molecule has 0 fully saturated rings. The topological polar surface area (TPSA) is 75.5 Å². The molecule has 0 bridgehead atoms. The number of hydrogen-bond acceptors (Lipinski definition) is 5. The quantitative estimate of drug-likeness (QED) is 0.325. The average molecular weight is 279 g/mol. The molecule has 0 heterocycles. The van der Waals surface area contributed by atoms with Gasteiger partial charge in [-0.15, -0.1) is 0 Å². The van der Waals surface area contributed by atoms with Gasteiger partial charge in [-0.2, -0.15) is 0 Å². The fraction of sp³-hybridized carbons (Fsp3) is 0.500. The smallest absolute Gasteiger partial charge is 0.293 e. The van der Waals surface area contributed by atoms with Crippen molar-refractivity contribution < 1.29 is 9.72 Å². The van der Waals surface area contributed by atoms with Crippen LogP contribution in [0.2, 0.25) is 0 Å². The van der Waals surface area contributed by atoms with Crippen LogP contribution in [0.3, 0.4) is 0 Å². The van der Waals surface area contributed by atoms with E-state index in [1.54, 1.807) is 12.1 Å². The zero-order valence-electron chi connectivity index (χ0n) is 12.0. The molecule has 0 atom stereocenters. The van der Waals surface area contributed by atoms with Gasteiger partial charge in [0.1, 0.15) is 12.0 Å². The molecule has 20 heavy (non-hydrogen) atoms. The molecular formula is C14H21N3O3. The number of nitro benzene ring substituents is 1. The summed E-state index contributed by atoms with van der Waals surface area (Å²) in [4.78, 5) is 23.4. The first-order chi connectivity index (χ1) is 9.62. The molecule has 0 aliphatic heterocycles. The Labute approximate surface area is 118 Å². The number of nitrogens with zero attached hydrogens (tertiary/aromatic N) is 2. The minimum Gasteiger partial charge on any atom is -0.379 e. The number of carbonyl (C=O) groups is 1. The summed E-state index contributed by atoms with van der Waals surface area (Å²) < 4.78 is 0. The number of nitrogens with one attached hydrogen (secondary N) is 1. The maximum atomic E-state index is 11.0. The Kier molecular flexibility index (Phi) is 6.66. The van der Waals surface area contributed by atoms with Crippen LogP contribution in [0.5, 0.6) is 0 Å². The molecule has 1 N–H and O–H groups in total. The molecule has 1 aromatic carbocycles. The summed E-state index contributed by atoms with van der Waals surface area (Å²) in [5.74, 6) is 0. The molecule has 0 saturated heterocycles. The van der Waals surface area contributed by atoms with Crippen molar-refractivity contribution in [2.45, 2.75) is 20.3 Å². The van der Waals surface area contributed by atoms with Crippen molar-refractivity contribution >= 4 is 17.7 Å². The molecule has 6 nitrogen and oxygen atoms in total. The first-order valence-electron chi connectivity index (χ1n) is 6.82. The lowest BCUT2D eigenvalue weighted by Gasteiger charge is -2.17. The van der Waals surface area contributed by atoms with E-state index in [0.717, 1.165) is 26.1 Å². The van der Waals surface area contributed by atoms with Crippen LogP contribution in [0.4, 0.5) is 11.4 Å². The lowest BCUT2D eigenvalue weighted by atomic mass is 10.2. The van der Waals surface area contributed by atoms with Gasteiger partial charge in [-0.1, -0.05) is 13.8 Å². The summed E-state index contributed by atoms with van der Waals surface area (Å²) in [5, 5.41) is 14.0. The van der Waals surface area contributed by atoms with Gasteiger partial charge in [0.05, 0.1) is 4.92 Å². The fourth-order valence-electron chi connectivity index (χ4n) is 1.99. The van der Waals surface area contributed by atoms with Crippen LogP contribution in [-0.4, -0.2) is 42.3 Å². The normalized spacial score (nSPS) is 10.6. The highest BCUT2D eigenvalue weighted by atomic mass is 16.6. The first kappa shape index (κ1) is 16.1. The van der Waals surface area contributed by atoms with Crippen LogP contribution in [0.1, 0.15) is 30.6 Å². The van der Waals surface area contributed by atoms with Gasteiger partial charge in [-0.3, -0.25) is 14.9 Å². The van der Waals surface area contributed by atoms with Crippen molar-refractivity contribution in [3.63, 3.8) is 0 Å². The highest BCUT2D eigenvalue weighted by Gasteiger charge is 2.14. The third-order valence-electron chi connectivity index (χ3n) is 3.22. The molecular weight excluding hydrogens is 258 g/mol. The molecule has 1 rings (SSSR count). The molecule has 0 saturated carbocycles. The Bertz CT molecular complexity index is 459. The maximum absolute atomic E-state index is 11.0. The van der Waals surface area contributed by atoms with Crippen molar-refractivity contribution in [3.8, 4) is 0 Å². The molecule has 110 valence electrons. The monoisotopic (exact) mass is 279 g/mol. The van der Waals surface area contributed by atoms with E-state index in [4.69, 9.17) is 0 Å². The van der Waals surface area contributed by atoms with Crippen LogP contribution in [-0.2, 0) is 0 Å². The second-order valence-corrected chi connectivity index (χ2v) is 4.46. The standard InChI is InChI=1S/C14H21N3O3/c1-3-16(4-2)9-5-8-15-13-7-6-12(11-18)10-14(13)17(19)20/h6-7,10-11,15H,3-5,8-9H2,1-2H3. The maximum Gasteiger partial charge on any atom is 0.293 e. The molecule has 1 aromatic rings. The summed E-state index contributed by atoms with van der Waals surface area (Å²) >= 11 is 0. The number of hydrogen-bond donors (Lipinski definition) is 1. The van der Waals surface area contributed by atoms with Crippen LogP contribution in [0, 0.1) is 10.1 Å². The summed E-state index contributed by atoms with van der Waals surface area (Å²) in [6.45, 7) is 7.85. The van der Waals surface area contributed by atoms with Gasteiger partial charge in [-0.25, -0.2) is 0 Å². The first-order valence-corrected chi connectivity index (χ1v) is 6.82. The van der Waals surface area contributed by atoms with Crippen molar-refractivity contribution in [1.29, 1.82) is 0 Å². The van der Waals surface area contributed by atoms with Crippen LogP contribution < -0.4 is 5.32 Å². The van der Waals surface area contributed by atoms with Gasteiger partial charge < -0.3 is 10.2 Å². The SMILES string of the molecule is CCN(CC)CCCNc1ccc(C=O)cc1[N+](=O)[O-]. The van der Waals surface area contributed by atoms with Crippen molar-refractivity contribution in [1.82, 2.24) is 4.90 Å². The van der Waals surface area contributed by atoms with E-state index in [-0.39, 0.29) is 5.69 Å². The van der Waals surface area contributed by atoms with Crippen LogP contribution in [0.15, 0.2) is 18.2 Å². The molecule has 0 aliphatic rings. The van der Waals surface area contributed by atoms with Crippen LogP contribution >= 0.6 is 0 Å². The zero-order valence-corrected chi connectivity index (χ0v) is 12.0. The molecule has 0 radical (unpaired) electrons. The van der Waals surface area contributed by atoms with Crippen molar-refractivity contribution in [2.24, 2.45) is 0 Å². The Morgan fingerprint density at radius 2 is 2.05 bits per heavy atom. The van der Waals surface area contributed by atoms with E-state index < -0.39 is 4.92 Å². The number of benzene rings is 1. The van der Waals surface area contributed by atoms with E-state index in [2.05, 4.69) is 24.1 Å². The van der Waals surface area contributed by atoms with Gasteiger partial charge in [0.15, 0.2) is 0 Å². The largest absolute Gasteiger partial charge is 0.379 e. The second kappa shape index (κ2) is 8.27. The number of nitro groups is 1. The minimum atomic E-state index is -0.472. The van der Waals surface area contributed by atoms with Gasteiger partial charge >= 0.3 is 0 Å². The molecule has 0 amide bonds. The fourth-order valence-corrected chi connectivity index (χ4v) is 1.99. The van der Waals surface area contributed by atoms with Gasteiger partial charge in [0.2, 0.25) is 0 Å². The third kappa shape index (κ3) is 4.62. The summed E-state index contributed by atoms with van der Waals surface area (Å²) in [5.41, 5.74) is 0.711. The average Bonchev–Trinajstić information content (AvgIpc) is 2.47. The summed E-state index contributed by atoms with van der Waals surface area (Å²) in [7, 11) is 0. The highest BCUT2D eigenvalue weighted by molar-refractivity contribution is 5.79. The summed E-state index contributed by atoms with van der Waals surface area (Å²) in [6.07, 6.45) is 1.52. The Morgan fingerprint density at radius 3 is 2.60 bits per heavy atom. The summed E-state index contributed by atoms with van der Waals surface area (Å²) in [6, 6.07) is 4.45. The minimum absolute atomic E-state index is 0.0579. The number of carbonyl (C=O) groups excluding carboxylic acids is 1. The highest BCUT2D eigenvalue weighted by Crippen LogP contribution is 2.24. The van der Waals surface area contributed by atoms with E-state index >= 15 is 0 Å². The van der Waals surface area contributed by atoms with Gasteiger partial charge in [0, 0.05) is 18.2 Å². The zero-order chi connectivity index (χ0) is 15.0. The Hall–Kier alpha value is -1.95. The number of anilines is 1. The van der Waals surface area contributed by atoms with E-state index in [0.29, 0.717) is 24.1 Å². The van der Waals surface area contributed by atoms with Crippen LogP contribution in [0.25, 0.3) is 0 Å². The molecule has 0 aliphatic carbocycles. The van der Waals surface area contributed by atoms with Gasteiger partial charge in [-0.05, 0) is 38.2 Å². The molecule has 0 spiro atoms. The van der Waals surface area contributed by atoms with E-state index in [1.807, 2.05) is 0 Å². The van der Waals surface area contributed by atoms with E-state index in [1.165, 1.54) is 6.07 Å². The number of rotatable bonds is 9. The van der Waals surface area contributed by atoms with Crippen molar-refractivity contribution in [3.05, 3.63) is 33.9 Å².